The number of aromatic amines is 1. The van der Waals surface area contributed by atoms with Gasteiger partial charge in [-0.1, -0.05) is 23.8 Å². The number of aromatic nitrogens is 2. The van der Waals surface area contributed by atoms with Gasteiger partial charge in [-0.2, -0.15) is 0 Å². The molecule has 4 nitrogen and oxygen atoms in total. The van der Waals surface area contributed by atoms with E-state index in [-0.39, 0.29) is 11.5 Å². The van der Waals surface area contributed by atoms with E-state index < -0.39 is 0 Å². The first-order valence-corrected chi connectivity index (χ1v) is 6.99. The fraction of sp³-hybridized carbons (Fsp3) is 0.200. The fourth-order valence-electron chi connectivity index (χ4n) is 2.22. The van der Waals surface area contributed by atoms with Crippen LogP contribution in [0.25, 0.3) is 12.2 Å². The molecular weight excluding hydrogens is 318 g/mol. The lowest BCUT2D eigenvalue weighted by molar-refractivity contribution is 1.10. The van der Waals surface area contributed by atoms with Crippen molar-refractivity contribution in [3.8, 4) is 0 Å². The molecule has 104 valence electrons. The Kier molecular flexibility index (Phi) is 4.09. The van der Waals surface area contributed by atoms with Gasteiger partial charge < -0.3 is 5.73 Å². The van der Waals surface area contributed by atoms with E-state index in [4.69, 9.17) is 5.73 Å². The molecule has 1 aromatic heterocycles. The third-order valence-electron chi connectivity index (χ3n) is 3.05. The number of hydrogen-bond acceptors (Lipinski definition) is 3. The van der Waals surface area contributed by atoms with Crippen molar-refractivity contribution in [3.05, 3.63) is 54.9 Å². The molecule has 20 heavy (non-hydrogen) atoms. The first-order valence-electron chi connectivity index (χ1n) is 6.19. The molecule has 0 atom stereocenters. The van der Waals surface area contributed by atoms with Gasteiger partial charge >= 0.3 is 0 Å². The SMILES string of the molecule is Cc1cc(C)c(/C=C/c2nc(N)[nH]c(=O)c2Br)c(C)c1. The van der Waals surface area contributed by atoms with Crippen LogP contribution in [0.5, 0.6) is 0 Å². The van der Waals surface area contributed by atoms with Crippen molar-refractivity contribution >= 4 is 34.0 Å². The second-order valence-electron chi connectivity index (χ2n) is 4.80. The van der Waals surface area contributed by atoms with Crippen molar-refractivity contribution in [2.24, 2.45) is 0 Å². The van der Waals surface area contributed by atoms with Gasteiger partial charge in [0.25, 0.3) is 5.56 Å². The maximum atomic E-state index is 11.6. The van der Waals surface area contributed by atoms with E-state index in [1.807, 2.05) is 6.08 Å². The lowest BCUT2D eigenvalue weighted by atomic mass is 9.99. The topological polar surface area (TPSA) is 71.8 Å². The molecule has 0 saturated carbocycles. The summed E-state index contributed by atoms with van der Waals surface area (Å²) in [6.45, 7) is 6.20. The average Bonchev–Trinajstić information content (AvgIpc) is 2.33. The molecule has 0 spiro atoms. The highest BCUT2D eigenvalue weighted by Gasteiger charge is 2.05. The molecular formula is C15H16BrN3O. The second kappa shape index (κ2) is 5.63. The monoisotopic (exact) mass is 333 g/mol. The fourth-order valence-corrected chi connectivity index (χ4v) is 2.54. The van der Waals surface area contributed by atoms with Crippen molar-refractivity contribution in [3.63, 3.8) is 0 Å². The van der Waals surface area contributed by atoms with Crippen LogP contribution in [0.3, 0.4) is 0 Å². The minimum Gasteiger partial charge on any atom is -0.369 e. The minimum absolute atomic E-state index is 0.107. The van der Waals surface area contributed by atoms with Crippen LogP contribution in [0.4, 0.5) is 5.95 Å². The van der Waals surface area contributed by atoms with Crippen LogP contribution >= 0.6 is 15.9 Å². The normalized spacial score (nSPS) is 11.2. The van der Waals surface area contributed by atoms with Crippen LogP contribution in [0.1, 0.15) is 27.9 Å². The molecule has 5 heteroatoms. The Labute approximate surface area is 125 Å². The quantitative estimate of drug-likeness (QED) is 0.886. The molecule has 1 heterocycles. The summed E-state index contributed by atoms with van der Waals surface area (Å²) in [6.07, 6.45) is 3.75. The molecule has 2 rings (SSSR count). The maximum Gasteiger partial charge on any atom is 0.267 e. The number of rotatable bonds is 2. The summed E-state index contributed by atoms with van der Waals surface area (Å²) in [5.74, 6) is 0.107. The van der Waals surface area contributed by atoms with Crippen LogP contribution in [-0.4, -0.2) is 9.97 Å². The molecule has 0 aliphatic rings. The number of benzene rings is 1. The zero-order valence-corrected chi connectivity index (χ0v) is 13.2. The molecule has 0 radical (unpaired) electrons. The van der Waals surface area contributed by atoms with Crippen LogP contribution in [0.2, 0.25) is 0 Å². The molecule has 0 amide bonds. The number of anilines is 1. The zero-order valence-electron chi connectivity index (χ0n) is 11.6. The molecule has 1 aromatic carbocycles. The van der Waals surface area contributed by atoms with E-state index >= 15 is 0 Å². The second-order valence-corrected chi connectivity index (χ2v) is 5.59. The first-order chi connectivity index (χ1) is 9.38. The summed E-state index contributed by atoms with van der Waals surface area (Å²) in [4.78, 5) is 18.1. The van der Waals surface area contributed by atoms with E-state index in [1.165, 1.54) is 16.7 Å². The van der Waals surface area contributed by atoms with Crippen LogP contribution in [-0.2, 0) is 0 Å². The Balaban J connectivity index is 2.48. The number of nitrogens with one attached hydrogen (secondary N) is 1. The van der Waals surface area contributed by atoms with Gasteiger partial charge in [-0.3, -0.25) is 9.78 Å². The number of nitrogens with two attached hydrogens (primary N) is 1. The van der Waals surface area contributed by atoms with Crippen molar-refractivity contribution in [2.75, 3.05) is 5.73 Å². The summed E-state index contributed by atoms with van der Waals surface area (Å²) in [5, 5.41) is 0. The van der Waals surface area contributed by atoms with Gasteiger partial charge in [-0.25, -0.2) is 4.98 Å². The standard InChI is InChI=1S/C15H16BrN3O/c1-8-6-9(2)11(10(3)7-8)4-5-12-13(16)14(20)19-15(17)18-12/h4-7H,1-3H3,(H3,17,18,19,20)/b5-4+. The smallest absolute Gasteiger partial charge is 0.267 e. The van der Waals surface area contributed by atoms with E-state index in [2.05, 4.69) is 58.8 Å². The molecule has 0 bridgehead atoms. The Bertz CT molecular complexity index is 724. The van der Waals surface area contributed by atoms with E-state index in [0.29, 0.717) is 10.2 Å². The van der Waals surface area contributed by atoms with E-state index in [1.54, 1.807) is 6.08 Å². The van der Waals surface area contributed by atoms with Crippen LogP contribution in [0.15, 0.2) is 21.4 Å². The third kappa shape index (κ3) is 2.99. The number of hydrogen-bond donors (Lipinski definition) is 2. The Hall–Kier alpha value is -1.88. The molecule has 0 aliphatic carbocycles. The number of aryl methyl sites for hydroxylation is 3. The molecule has 0 saturated heterocycles. The van der Waals surface area contributed by atoms with Gasteiger partial charge in [-0.05, 0) is 59.5 Å². The molecule has 0 fully saturated rings. The van der Waals surface area contributed by atoms with Crippen molar-refractivity contribution in [1.29, 1.82) is 0 Å². The third-order valence-corrected chi connectivity index (χ3v) is 3.82. The Morgan fingerprint density at radius 1 is 1.20 bits per heavy atom. The number of nitrogen functional groups attached to an aromatic ring is 1. The van der Waals surface area contributed by atoms with Gasteiger partial charge in [0.05, 0.1) is 5.69 Å². The van der Waals surface area contributed by atoms with Gasteiger partial charge in [0.15, 0.2) is 0 Å². The highest BCUT2D eigenvalue weighted by Crippen LogP contribution is 2.20. The highest BCUT2D eigenvalue weighted by molar-refractivity contribution is 9.10. The number of H-pyrrole nitrogens is 1. The largest absolute Gasteiger partial charge is 0.369 e. The summed E-state index contributed by atoms with van der Waals surface area (Å²) < 4.78 is 0.380. The molecule has 2 aromatic rings. The summed E-state index contributed by atoms with van der Waals surface area (Å²) in [5.41, 5.74) is 10.5. The zero-order chi connectivity index (χ0) is 14.9. The molecule has 0 unspecified atom stereocenters. The molecule has 3 N–H and O–H groups in total. The Morgan fingerprint density at radius 3 is 2.40 bits per heavy atom. The maximum absolute atomic E-state index is 11.6. The van der Waals surface area contributed by atoms with Gasteiger partial charge in [0.1, 0.15) is 4.47 Å². The van der Waals surface area contributed by atoms with Crippen molar-refractivity contribution < 1.29 is 0 Å². The highest BCUT2D eigenvalue weighted by atomic mass is 79.9. The lowest BCUT2D eigenvalue weighted by Gasteiger charge is -2.07. The van der Waals surface area contributed by atoms with E-state index in [0.717, 1.165) is 5.56 Å². The predicted octanol–water partition coefficient (Wildman–Crippen LogP) is 3.21. The van der Waals surface area contributed by atoms with E-state index in [9.17, 15) is 4.79 Å². The first kappa shape index (κ1) is 14.5. The van der Waals surface area contributed by atoms with Gasteiger partial charge in [0, 0.05) is 0 Å². The predicted molar refractivity (Wildman–Crippen MR) is 86.6 cm³/mol. The van der Waals surface area contributed by atoms with Crippen LogP contribution in [0, 0.1) is 20.8 Å². The van der Waals surface area contributed by atoms with Crippen molar-refractivity contribution in [2.45, 2.75) is 20.8 Å². The Morgan fingerprint density at radius 2 is 1.80 bits per heavy atom. The summed E-state index contributed by atoms with van der Waals surface area (Å²) in [6, 6.07) is 4.25. The van der Waals surface area contributed by atoms with Gasteiger partial charge in [0.2, 0.25) is 5.95 Å². The lowest BCUT2D eigenvalue weighted by Crippen LogP contribution is -2.13. The summed E-state index contributed by atoms with van der Waals surface area (Å²) >= 11 is 3.22. The number of nitrogens with zero attached hydrogens (tertiary/aromatic N) is 1. The summed E-state index contributed by atoms with van der Waals surface area (Å²) in [7, 11) is 0. The van der Waals surface area contributed by atoms with Crippen LogP contribution < -0.4 is 11.3 Å². The molecule has 0 aliphatic heterocycles. The minimum atomic E-state index is -0.283. The average molecular weight is 334 g/mol. The van der Waals surface area contributed by atoms with Gasteiger partial charge in [-0.15, -0.1) is 0 Å². The number of halogens is 1. The van der Waals surface area contributed by atoms with Crippen molar-refractivity contribution in [1.82, 2.24) is 9.97 Å².